The molecule has 0 bridgehead atoms. The summed E-state index contributed by atoms with van der Waals surface area (Å²) in [6.07, 6.45) is 1.50. The van der Waals surface area contributed by atoms with E-state index in [1.54, 1.807) is 7.11 Å². The van der Waals surface area contributed by atoms with Crippen molar-refractivity contribution in [1.29, 1.82) is 0 Å². The van der Waals surface area contributed by atoms with E-state index in [0.29, 0.717) is 5.92 Å². The van der Waals surface area contributed by atoms with Crippen LogP contribution in [0.3, 0.4) is 0 Å². The topological polar surface area (TPSA) is 38.7 Å². The van der Waals surface area contributed by atoms with Crippen LogP contribution in [0.1, 0.15) is 50.7 Å². The molecule has 128 valence electrons. The SMILES string of the molecule is COc1ccc(C2CC(O)(c3ccc(OC(C)(C)C)cc3)C2)cc1. The molecular formula is C21H26O3. The van der Waals surface area contributed by atoms with Crippen molar-refractivity contribution in [1.82, 2.24) is 0 Å². The summed E-state index contributed by atoms with van der Waals surface area (Å²) in [6.45, 7) is 6.08. The highest BCUT2D eigenvalue weighted by molar-refractivity contribution is 5.37. The van der Waals surface area contributed by atoms with Gasteiger partial charge in [-0.05, 0) is 74.9 Å². The quantitative estimate of drug-likeness (QED) is 0.889. The van der Waals surface area contributed by atoms with Gasteiger partial charge in [-0.15, -0.1) is 0 Å². The Morgan fingerprint density at radius 3 is 1.96 bits per heavy atom. The first kappa shape index (κ1) is 16.8. The van der Waals surface area contributed by atoms with Crippen LogP contribution < -0.4 is 9.47 Å². The van der Waals surface area contributed by atoms with Gasteiger partial charge in [-0.1, -0.05) is 24.3 Å². The third kappa shape index (κ3) is 3.57. The molecular weight excluding hydrogens is 300 g/mol. The highest BCUT2D eigenvalue weighted by Gasteiger charge is 2.44. The van der Waals surface area contributed by atoms with Crippen molar-refractivity contribution in [3.8, 4) is 11.5 Å². The van der Waals surface area contributed by atoms with E-state index < -0.39 is 5.60 Å². The van der Waals surface area contributed by atoms with Gasteiger partial charge in [0.15, 0.2) is 0 Å². The van der Waals surface area contributed by atoms with E-state index in [9.17, 15) is 5.11 Å². The molecule has 0 radical (unpaired) electrons. The first-order valence-corrected chi connectivity index (χ1v) is 8.45. The van der Waals surface area contributed by atoms with E-state index in [4.69, 9.17) is 9.47 Å². The molecule has 1 fully saturated rings. The standard InChI is InChI=1S/C21H26O3/c1-20(2,3)24-19-11-7-17(8-12-19)21(22)13-16(14-21)15-5-9-18(23-4)10-6-15/h5-12,16,22H,13-14H2,1-4H3. The molecule has 2 aromatic carbocycles. The van der Waals surface area contributed by atoms with E-state index in [-0.39, 0.29) is 5.60 Å². The van der Waals surface area contributed by atoms with Crippen LogP contribution in [0.15, 0.2) is 48.5 Å². The fourth-order valence-corrected chi connectivity index (χ4v) is 3.29. The maximum Gasteiger partial charge on any atom is 0.120 e. The Morgan fingerprint density at radius 2 is 1.46 bits per heavy atom. The monoisotopic (exact) mass is 326 g/mol. The van der Waals surface area contributed by atoms with E-state index >= 15 is 0 Å². The molecule has 0 amide bonds. The number of methoxy groups -OCH3 is 1. The molecule has 0 atom stereocenters. The zero-order valence-corrected chi connectivity index (χ0v) is 14.9. The van der Waals surface area contributed by atoms with E-state index in [1.165, 1.54) is 5.56 Å². The molecule has 0 heterocycles. The molecule has 3 nitrogen and oxygen atoms in total. The lowest BCUT2D eigenvalue weighted by Gasteiger charge is -2.44. The molecule has 3 heteroatoms. The zero-order valence-electron chi connectivity index (χ0n) is 14.9. The van der Waals surface area contributed by atoms with Crippen molar-refractivity contribution < 1.29 is 14.6 Å². The number of hydrogen-bond acceptors (Lipinski definition) is 3. The highest BCUT2D eigenvalue weighted by atomic mass is 16.5. The number of rotatable bonds is 4. The summed E-state index contributed by atoms with van der Waals surface area (Å²) in [5.74, 6) is 2.09. The smallest absolute Gasteiger partial charge is 0.120 e. The van der Waals surface area contributed by atoms with Crippen LogP contribution in [0.2, 0.25) is 0 Å². The van der Waals surface area contributed by atoms with Gasteiger partial charge in [-0.25, -0.2) is 0 Å². The minimum absolute atomic E-state index is 0.214. The Balaban J connectivity index is 1.65. The van der Waals surface area contributed by atoms with Crippen molar-refractivity contribution >= 4 is 0 Å². The minimum Gasteiger partial charge on any atom is -0.497 e. The predicted octanol–water partition coefficient (Wildman–Crippen LogP) is 4.64. The van der Waals surface area contributed by atoms with E-state index in [2.05, 4.69) is 12.1 Å². The first-order valence-electron chi connectivity index (χ1n) is 8.45. The average Bonchev–Trinajstić information content (AvgIpc) is 2.51. The van der Waals surface area contributed by atoms with Crippen molar-refractivity contribution in [2.45, 2.75) is 50.7 Å². The summed E-state index contributed by atoms with van der Waals surface area (Å²) >= 11 is 0. The zero-order chi connectivity index (χ0) is 17.4. The van der Waals surface area contributed by atoms with Gasteiger partial charge in [0.25, 0.3) is 0 Å². The van der Waals surface area contributed by atoms with Gasteiger partial charge in [0, 0.05) is 0 Å². The molecule has 0 saturated heterocycles. The van der Waals surface area contributed by atoms with Crippen LogP contribution in [0.4, 0.5) is 0 Å². The summed E-state index contributed by atoms with van der Waals surface area (Å²) in [4.78, 5) is 0. The molecule has 24 heavy (non-hydrogen) atoms. The minimum atomic E-state index is -0.731. The Bertz CT molecular complexity index is 675. The van der Waals surface area contributed by atoms with Crippen molar-refractivity contribution in [3.05, 3.63) is 59.7 Å². The van der Waals surface area contributed by atoms with E-state index in [1.807, 2.05) is 57.2 Å². The van der Waals surface area contributed by atoms with Crippen LogP contribution in [0.5, 0.6) is 11.5 Å². The normalized spacial score (nSPS) is 23.5. The number of aliphatic hydroxyl groups is 1. The molecule has 0 aromatic heterocycles. The maximum atomic E-state index is 10.9. The molecule has 1 aliphatic rings. The lowest BCUT2D eigenvalue weighted by Crippen LogP contribution is -2.39. The summed E-state index contributed by atoms with van der Waals surface area (Å²) in [6, 6.07) is 16.0. The van der Waals surface area contributed by atoms with Crippen LogP contribution in [0, 0.1) is 0 Å². The second-order valence-electron chi connectivity index (χ2n) is 7.65. The summed E-state index contributed by atoms with van der Waals surface area (Å²) < 4.78 is 11.0. The second kappa shape index (κ2) is 6.14. The van der Waals surface area contributed by atoms with Gasteiger partial charge in [0.1, 0.15) is 17.1 Å². The van der Waals surface area contributed by atoms with Gasteiger partial charge in [-0.3, -0.25) is 0 Å². The lowest BCUT2D eigenvalue weighted by molar-refractivity contribution is -0.0550. The van der Waals surface area contributed by atoms with Crippen molar-refractivity contribution in [2.24, 2.45) is 0 Å². The number of benzene rings is 2. The van der Waals surface area contributed by atoms with Crippen LogP contribution >= 0.6 is 0 Å². The Morgan fingerprint density at radius 1 is 0.917 bits per heavy atom. The van der Waals surface area contributed by atoms with Gasteiger partial charge < -0.3 is 14.6 Å². The summed E-state index contributed by atoms with van der Waals surface area (Å²) in [5, 5.41) is 10.9. The second-order valence-corrected chi connectivity index (χ2v) is 7.65. The number of hydrogen-bond donors (Lipinski definition) is 1. The lowest BCUT2D eigenvalue weighted by atomic mass is 9.65. The van der Waals surface area contributed by atoms with Crippen molar-refractivity contribution in [3.63, 3.8) is 0 Å². The molecule has 3 rings (SSSR count). The molecule has 0 aliphatic heterocycles. The fraction of sp³-hybridized carbons (Fsp3) is 0.429. The average molecular weight is 326 g/mol. The molecule has 1 saturated carbocycles. The third-order valence-electron chi connectivity index (χ3n) is 4.57. The van der Waals surface area contributed by atoms with Crippen molar-refractivity contribution in [2.75, 3.05) is 7.11 Å². The largest absolute Gasteiger partial charge is 0.497 e. The van der Waals surface area contributed by atoms with Gasteiger partial charge in [-0.2, -0.15) is 0 Å². The Labute approximate surface area is 144 Å². The number of ether oxygens (including phenoxy) is 2. The summed E-state index contributed by atoms with van der Waals surface area (Å²) in [5.41, 5.74) is 1.28. The highest BCUT2D eigenvalue weighted by Crippen LogP contribution is 2.51. The molecule has 0 spiro atoms. The Kier molecular flexibility index (Phi) is 4.31. The van der Waals surface area contributed by atoms with Crippen LogP contribution in [-0.4, -0.2) is 17.8 Å². The van der Waals surface area contributed by atoms with E-state index in [0.717, 1.165) is 29.9 Å². The van der Waals surface area contributed by atoms with Gasteiger partial charge in [0.05, 0.1) is 12.7 Å². The first-order chi connectivity index (χ1) is 11.3. The van der Waals surface area contributed by atoms with Gasteiger partial charge in [0.2, 0.25) is 0 Å². The van der Waals surface area contributed by atoms with Gasteiger partial charge >= 0.3 is 0 Å². The predicted molar refractivity (Wildman–Crippen MR) is 95.7 cm³/mol. The van der Waals surface area contributed by atoms with Crippen LogP contribution in [-0.2, 0) is 5.60 Å². The fourth-order valence-electron chi connectivity index (χ4n) is 3.29. The molecule has 1 N–H and O–H groups in total. The summed E-state index contributed by atoms with van der Waals surface area (Å²) in [7, 11) is 1.67. The maximum absolute atomic E-state index is 10.9. The Hall–Kier alpha value is -2.00. The molecule has 2 aromatic rings. The third-order valence-corrected chi connectivity index (χ3v) is 4.57. The molecule has 1 aliphatic carbocycles. The van der Waals surface area contributed by atoms with Crippen LogP contribution in [0.25, 0.3) is 0 Å². The molecule has 0 unspecified atom stereocenters.